The lowest BCUT2D eigenvalue weighted by Gasteiger charge is -2.06. The summed E-state index contributed by atoms with van der Waals surface area (Å²) < 4.78 is 0. The standard InChI is InChI=1S/C12H13NO3/c1-9(2)11-6-5-10(4-3-7-14)8-12(11)13(15)16/h3-9H,1-2H3. The molecule has 0 amide bonds. The summed E-state index contributed by atoms with van der Waals surface area (Å²) in [6, 6.07) is 4.98. The molecular formula is C12H13NO3. The molecule has 0 saturated heterocycles. The van der Waals surface area contributed by atoms with E-state index in [2.05, 4.69) is 0 Å². The maximum atomic E-state index is 10.9. The van der Waals surface area contributed by atoms with Crippen LogP contribution >= 0.6 is 0 Å². The zero-order chi connectivity index (χ0) is 12.1. The largest absolute Gasteiger partial charge is 0.299 e. The minimum absolute atomic E-state index is 0.100. The Morgan fingerprint density at radius 3 is 2.56 bits per heavy atom. The van der Waals surface area contributed by atoms with Gasteiger partial charge in [-0.1, -0.05) is 32.1 Å². The lowest BCUT2D eigenvalue weighted by atomic mass is 9.99. The van der Waals surface area contributed by atoms with E-state index in [1.54, 1.807) is 18.2 Å². The first-order valence-electron chi connectivity index (χ1n) is 4.96. The molecule has 0 aliphatic rings. The van der Waals surface area contributed by atoms with Gasteiger partial charge in [0, 0.05) is 11.6 Å². The SMILES string of the molecule is CC(C)c1ccc(C=CC=O)cc1[N+](=O)[O-]. The molecule has 0 aliphatic carbocycles. The highest BCUT2D eigenvalue weighted by molar-refractivity contribution is 5.74. The Morgan fingerprint density at radius 1 is 1.38 bits per heavy atom. The second-order valence-corrected chi connectivity index (χ2v) is 3.73. The van der Waals surface area contributed by atoms with E-state index in [1.165, 1.54) is 12.1 Å². The van der Waals surface area contributed by atoms with E-state index in [1.807, 2.05) is 13.8 Å². The van der Waals surface area contributed by atoms with Crippen LogP contribution < -0.4 is 0 Å². The summed E-state index contributed by atoms with van der Waals surface area (Å²) in [5, 5.41) is 10.9. The number of nitro benzene ring substituents is 1. The molecule has 1 aromatic rings. The Kier molecular flexibility index (Phi) is 3.94. The maximum absolute atomic E-state index is 10.9. The van der Waals surface area contributed by atoms with Crippen molar-refractivity contribution >= 4 is 18.0 Å². The second kappa shape index (κ2) is 5.21. The van der Waals surface area contributed by atoms with E-state index in [0.717, 1.165) is 0 Å². The van der Waals surface area contributed by atoms with Gasteiger partial charge in [0.15, 0.2) is 0 Å². The molecule has 4 heteroatoms. The van der Waals surface area contributed by atoms with Gasteiger partial charge in [-0.15, -0.1) is 0 Å². The third-order valence-corrected chi connectivity index (χ3v) is 2.24. The molecule has 4 nitrogen and oxygen atoms in total. The van der Waals surface area contributed by atoms with Gasteiger partial charge in [-0.3, -0.25) is 14.9 Å². The number of nitro groups is 1. The van der Waals surface area contributed by atoms with Crippen LogP contribution in [0.5, 0.6) is 0 Å². The van der Waals surface area contributed by atoms with Crippen molar-refractivity contribution in [3.8, 4) is 0 Å². The predicted molar refractivity (Wildman–Crippen MR) is 62.3 cm³/mol. The highest BCUT2D eigenvalue weighted by atomic mass is 16.6. The maximum Gasteiger partial charge on any atom is 0.273 e. The Labute approximate surface area is 93.7 Å². The van der Waals surface area contributed by atoms with Gasteiger partial charge in [-0.05, 0) is 17.6 Å². The Morgan fingerprint density at radius 2 is 2.06 bits per heavy atom. The minimum atomic E-state index is -0.395. The van der Waals surface area contributed by atoms with Gasteiger partial charge < -0.3 is 0 Å². The van der Waals surface area contributed by atoms with Crippen LogP contribution in [0.2, 0.25) is 0 Å². The minimum Gasteiger partial charge on any atom is -0.299 e. The number of rotatable bonds is 4. The summed E-state index contributed by atoms with van der Waals surface area (Å²) in [7, 11) is 0. The van der Waals surface area contributed by atoms with Crippen LogP contribution in [0.4, 0.5) is 5.69 Å². The molecule has 0 atom stereocenters. The van der Waals surface area contributed by atoms with E-state index in [9.17, 15) is 14.9 Å². The van der Waals surface area contributed by atoms with Crippen molar-refractivity contribution in [2.75, 3.05) is 0 Å². The summed E-state index contributed by atoms with van der Waals surface area (Å²) in [4.78, 5) is 20.6. The van der Waals surface area contributed by atoms with E-state index >= 15 is 0 Å². The second-order valence-electron chi connectivity index (χ2n) is 3.73. The van der Waals surface area contributed by atoms with Crippen LogP contribution in [0.1, 0.15) is 30.9 Å². The third kappa shape index (κ3) is 2.76. The highest BCUT2D eigenvalue weighted by Crippen LogP contribution is 2.27. The lowest BCUT2D eigenvalue weighted by molar-refractivity contribution is -0.385. The molecular weight excluding hydrogens is 206 g/mol. The van der Waals surface area contributed by atoms with Crippen molar-refractivity contribution in [1.29, 1.82) is 0 Å². The molecule has 84 valence electrons. The van der Waals surface area contributed by atoms with E-state index in [-0.39, 0.29) is 11.6 Å². The average molecular weight is 219 g/mol. The van der Waals surface area contributed by atoms with Gasteiger partial charge in [0.2, 0.25) is 0 Å². The van der Waals surface area contributed by atoms with Crippen LogP contribution in [-0.2, 0) is 4.79 Å². The normalized spacial score (nSPS) is 10.9. The Balaban J connectivity index is 3.22. The summed E-state index contributed by atoms with van der Waals surface area (Å²) in [5.74, 6) is 0.101. The molecule has 0 unspecified atom stereocenters. The van der Waals surface area contributed by atoms with Gasteiger partial charge in [-0.25, -0.2) is 0 Å². The number of hydrogen-bond donors (Lipinski definition) is 0. The van der Waals surface area contributed by atoms with Crippen molar-refractivity contribution in [3.05, 3.63) is 45.5 Å². The Hall–Kier alpha value is -1.97. The number of carbonyl (C=O) groups excluding carboxylic acids is 1. The fraction of sp³-hybridized carbons (Fsp3) is 0.250. The van der Waals surface area contributed by atoms with Crippen LogP contribution in [0.3, 0.4) is 0 Å². The molecule has 0 fully saturated rings. The molecule has 0 N–H and O–H groups in total. The summed E-state index contributed by atoms with van der Waals surface area (Å²) in [6.45, 7) is 3.81. The molecule has 1 rings (SSSR count). The molecule has 0 aliphatic heterocycles. The van der Waals surface area contributed by atoms with Crippen LogP contribution in [0.15, 0.2) is 24.3 Å². The molecule has 0 spiro atoms. The fourth-order valence-corrected chi connectivity index (χ4v) is 1.46. The summed E-state index contributed by atoms with van der Waals surface area (Å²) in [6.07, 6.45) is 3.50. The summed E-state index contributed by atoms with van der Waals surface area (Å²) in [5.41, 5.74) is 1.46. The topological polar surface area (TPSA) is 60.2 Å². The molecule has 0 bridgehead atoms. The highest BCUT2D eigenvalue weighted by Gasteiger charge is 2.16. The van der Waals surface area contributed by atoms with Crippen LogP contribution in [-0.4, -0.2) is 11.2 Å². The number of nitrogens with zero attached hydrogens (tertiary/aromatic N) is 1. The van der Waals surface area contributed by atoms with E-state index < -0.39 is 4.92 Å². The first-order valence-corrected chi connectivity index (χ1v) is 4.96. The van der Waals surface area contributed by atoms with Crippen molar-refractivity contribution in [2.24, 2.45) is 0 Å². The molecule has 0 saturated carbocycles. The molecule has 0 heterocycles. The number of allylic oxidation sites excluding steroid dienone is 1. The fourth-order valence-electron chi connectivity index (χ4n) is 1.46. The number of carbonyl (C=O) groups is 1. The molecule has 1 aromatic carbocycles. The first-order chi connectivity index (χ1) is 7.56. The van der Waals surface area contributed by atoms with Gasteiger partial charge in [0.25, 0.3) is 5.69 Å². The van der Waals surface area contributed by atoms with Crippen LogP contribution in [0.25, 0.3) is 6.08 Å². The molecule has 0 radical (unpaired) electrons. The van der Waals surface area contributed by atoms with Gasteiger partial charge in [0.1, 0.15) is 6.29 Å². The van der Waals surface area contributed by atoms with E-state index in [4.69, 9.17) is 0 Å². The quantitative estimate of drug-likeness (QED) is 0.338. The average Bonchev–Trinajstić information content (AvgIpc) is 2.25. The Bertz CT molecular complexity index is 436. The van der Waals surface area contributed by atoms with Crippen molar-refractivity contribution in [1.82, 2.24) is 0 Å². The third-order valence-electron chi connectivity index (χ3n) is 2.24. The van der Waals surface area contributed by atoms with Crippen molar-refractivity contribution in [2.45, 2.75) is 19.8 Å². The van der Waals surface area contributed by atoms with Crippen LogP contribution in [0, 0.1) is 10.1 Å². The monoisotopic (exact) mass is 219 g/mol. The number of aldehydes is 1. The number of hydrogen-bond acceptors (Lipinski definition) is 3. The zero-order valence-corrected chi connectivity index (χ0v) is 9.21. The molecule has 16 heavy (non-hydrogen) atoms. The van der Waals surface area contributed by atoms with Crippen molar-refractivity contribution < 1.29 is 9.72 Å². The number of benzene rings is 1. The van der Waals surface area contributed by atoms with Gasteiger partial charge in [0.05, 0.1) is 4.92 Å². The van der Waals surface area contributed by atoms with E-state index in [0.29, 0.717) is 17.4 Å². The van der Waals surface area contributed by atoms with Crippen molar-refractivity contribution in [3.63, 3.8) is 0 Å². The zero-order valence-electron chi connectivity index (χ0n) is 9.21. The van der Waals surface area contributed by atoms with Gasteiger partial charge >= 0.3 is 0 Å². The smallest absolute Gasteiger partial charge is 0.273 e. The predicted octanol–water partition coefficient (Wildman–Crippen LogP) is 2.93. The molecule has 0 aromatic heterocycles. The lowest BCUT2D eigenvalue weighted by Crippen LogP contribution is -1.97. The first kappa shape index (κ1) is 12.1. The summed E-state index contributed by atoms with van der Waals surface area (Å²) >= 11 is 0. The van der Waals surface area contributed by atoms with Gasteiger partial charge in [-0.2, -0.15) is 0 Å².